The normalized spacial score (nSPS) is 23.8. The number of hydrogen-bond donors (Lipinski definition) is 1. The Labute approximate surface area is 114 Å². The van der Waals surface area contributed by atoms with Crippen LogP contribution in [0.4, 0.5) is 8.78 Å². The van der Waals surface area contributed by atoms with Gasteiger partial charge in [0.05, 0.1) is 0 Å². The van der Waals surface area contributed by atoms with Crippen molar-refractivity contribution in [2.24, 2.45) is 11.8 Å². The van der Waals surface area contributed by atoms with Crippen LogP contribution in [0.5, 0.6) is 0 Å². The fraction of sp³-hybridized carbons (Fsp3) is 0.625. The van der Waals surface area contributed by atoms with Crippen LogP contribution in [0.1, 0.15) is 50.2 Å². The molecule has 0 bridgehead atoms. The van der Waals surface area contributed by atoms with Crippen LogP contribution in [0.3, 0.4) is 0 Å². The van der Waals surface area contributed by atoms with Gasteiger partial charge in [-0.05, 0) is 42.9 Å². The third-order valence-corrected chi connectivity index (χ3v) is 4.10. The highest BCUT2D eigenvalue weighted by Crippen LogP contribution is 2.27. The smallest absolute Gasteiger partial charge is 0.263 e. The maximum Gasteiger partial charge on any atom is 0.263 e. The first-order valence-corrected chi connectivity index (χ1v) is 7.23. The van der Waals surface area contributed by atoms with Crippen molar-refractivity contribution in [1.82, 2.24) is 5.32 Å². The molecule has 1 aliphatic rings. The molecule has 3 heteroatoms. The van der Waals surface area contributed by atoms with Crippen LogP contribution in [0, 0.1) is 11.8 Å². The fourth-order valence-corrected chi connectivity index (χ4v) is 2.79. The second kappa shape index (κ2) is 6.99. The van der Waals surface area contributed by atoms with Crippen molar-refractivity contribution >= 4 is 0 Å². The number of benzene rings is 1. The lowest BCUT2D eigenvalue weighted by molar-refractivity contribution is 0.151. The quantitative estimate of drug-likeness (QED) is 0.826. The van der Waals surface area contributed by atoms with E-state index in [9.17, 15) is 8.78 Å². The van der Waals surface area contributed by atoms with E-state index in [1.807, 2.05) is 6.07 Å². The van der Waals surface area contributed by atoms with Crippen LogP contribution >= 0.6 is 0 Å². The van der Waals surface area contributed by atoms with Gasteiger partial charge in [0.1, 0.15) is 0 Å². The van der Waals surface area contributed by atoms with Crippen molar-refractivity contribution in [1.29, 1.82) is 0 Å². The molecule has 2 rings (SSSR count). The summed E-state index contributed by atoms with van der Waals surface area (Å²) >= 11 is 0. The Kier molecular flexibility index (Phi) is 5.32. The van der Waals surface area contributed by atoms with E-state index in [2.05, 4.69) is 12.2 Å². The summed E-state index contributed by atoms with van der Waals surface area (Å²) in [4.78, 5) is 0. The molecule has 1 aromatic carbocycles. The summed E-state index contributed by atoms with van der Waals surface area (Å²) in [6, 6.07) is 6.69. The van der Waals surface area contributed by atoms with Gasteiger partial charge in [0.2, 0.25) is 0 Å². The number of hydrogen-bond acceptors (Lipinski definition) is 1. The lowest BCUT2D eigenvalue weighted by Crippen LogP contribution is -2.25. The minimum atomic E-state index is -2.38. The van der Waals surface area contributed by atoms with E-state index in [4.69, 9.17) is 0 Å². The Balaban J connectivity index is 1.75. The summed E-state index contributed by atoms with van der Waals surface area (Å²) in [5.74, 6) is 1.63. The van der Waals surface area contributed by atoms with Gasteiger partial charge in [-0.2, -0.15) is 0 Å². The highest BCUT2D eigenvalue weighted by Gasteiger charge is 2.17. The van der Waals surface area contributed by atoms with E-state index in [0.717, 1.165) is 23.9 Å². The van der Waals surface area contributed by atoms with Gasteiger partial charge in [-0.1, -0.05) is 38.0 Å². The van der Waals surface area contributed by atoms with E-state index in [1.165, 1.54) is 31.7 Å². The molecule has 0 aromatic heterocycles. The molecule has 0 amide bonds. The molecule has 1 nitrogen and oxygen atoms in total. The average molecular weight is 267 g/mol. The fourth-order valence-electron chi connectivity index (χ4n) is 2.79. The average Bonchev–Trinajstić information content (AvgIpc) is 2.41. The summed E-state index contributed by atoms with van der Waals surface area (Å²) in [6.45, 7) is 4.01. The summed E-state index contributed by atoms with van der Waals surface area (Å²) in [6.07, 6.45) is 2.87. The maximum atomic E-state index is 12.6. The van der Waals surface area contributed by atoms with Gasteiger partial charge in [0, 0.05) is 12.1 Å². The van der Waals surface area contributed by atoms with Gasteiger partial charge in [0.25, 0.3) is 6.43 Å². The van der Waals surface area contributed by atoms with Crippen molar-refractivity contribution < 1.29 is 8.78 Å². The van der Waals surface area contributed by atoms with E-state index >= 15 is 0 Å². The Morgan fingerprint density at radius 2 is 1.95 bits per heavy atom. The van der Waals surface area contributed by atoms with Gasteiger partial charge in [0.15, 0.2) is 0 Å². The van der Waals surface area contributed by atoms with E-state index < -0.39 is 6.43 Å². The minimum absolute atomic E-state index is 0.116. The molecular formula is C16H23F2N. The van der Waals surface area contributed by atoms with Crippen molar-refractivity contribution in [2.45, 2.75) is 45.6 Å². The minimum Gasteiger partial charge on any atom is -0.312 e. The van der Waals surface area contributed by atoms with Crippen LogP contribution in [-0.4, -0.2) is 6.54 Å². The highest BCUT2D eigenvalue weighted by molar-refractivity contribution is 5.24. The van der Waals surface area contributed by atoms with Crippen LogP contribution in [-0.2, 0) is 6.54 Å². The zero-order chi connectivity index (χ0) is 13.7. The predicted molar refractivity (Wildman–Crippen MR) is 74.2 cm³/mol. The van der Waals surface area contributed by atoms with Gasteiger partial charge < -0.3 is 5.32 Å². The Morgan fingerprint density at radius 1 is 1.21 bits per heavy atom. The highest BCUT2D eigenvalue weighted by atomic mass is 19.3. The van der Waals surface area contributed by atoms with Crippen molar-refractivity contribution in [3.05, 3.63) is 35.4 Å². The van der Waals surface area contributed by atoms with Crippen LogP contribution < -0.4 is 5.32 Å². The standard InChI is InChI=1S/C16H23F2N/c1-12-5-7-13(8-6-12)10-19-11-14-3-2-4-15(9-14)16(17)18/h2-4,9,12-13,16,19H,5-8,10-11H2,1H3. The van der Waals surface area contributed by atoms with Crippen molar-refractivity contribution in [3.63, 3.8) is 0 Å². The zero-order valence-electron chi connectivity index (χ0n) is 11.5. The zero-order valence-corrected chi connectivity index (χ0v) is 11.5. The summed E-state index contributed by atoms with van der Waals surface area (Å²) in [5, 5.41) is 3.41. The van der Waals surface area contributed by atoms with E-state index in [-0.39, 0.29) is 5.56 Å². The number of halogens is 2. The second-order valence-corrected chi connectivity index (χ2v) is 5.80. The molecule has 1 aliphatic carbocycles. The molecule has 1 aromatic rings. The van der Waals surface area contributed by atoms with E-state index in [0.29, 0.717) is 6.54 Å². The number of nitrogens with one attached hydrogen (secondary N) is 1. The molecule has 0 aliphatic heterocycles. The van der Waals surface area contributed by atoms with Crippen LogP contribution in [0.25, 0.3) is 0 Å². The number of rotatable bonds is 5. The molecule has 1 fully saturated rings. The summed E-state index contributed by atoms with van der Waals surface area (Å²) in [7, 11) is 0. The second-order valence-electron chi connectivity index (χ2n) is 5.80. The lowest BCUT2D eigenvalue weighted by Gasteiger charge is -2.26. The monoisotopic (exact) mass is 267 g/mol. The molecule has 0 atom stereocenters. The summed E-state index contributed by atoms with van der Waals surface area (Å²) < 4.78 is 25.2. The molecule has 0 spiro atoms. The number of alkyl halides is 2. The Hall–Kier alpha value is -0.960. The SMILES string of the molecule is CC1CCC(CNCc2cccc(C(F)F)c2)CC1. The van der Waals surface area contributed by atoms with Crippen LogP contribution in [0.2, 0.25) is 0 Å². The topological polar surface area (TPSA) is 12.0 Å². The molecule has 0 unspecified atom stereocenters. The molecule has 19 heavy (non-hydrogen) atoms. The van der Waals surface area contributed by atoms with Gasteiger partial charge >= 0.3 is 0 Å². The first-order chi connectivity index (χ1) is 9.15. The van der Waals surface area contributed by atoms with Crippen LogP contribution in [0.15, 0.2) is 24.3 Å². The first-order valence-electron chi connectivity index (χ1n) is 7.23. The third-order valence-electron chi connectivity index (χ3n) is 4.10. The Morgan fingerprint density at radius 3 is 2.63 bits per heavy atom. The molecule has 1 N–H and O–H groups in total. The maximum absolute atomic E-state index is 12.6. The van der Waals surface area contributed by atoms with Gasteiger partial charge in [-0.25, -0.2) is 8.78 Å². The summed E-state index contributed by atoms with van der Waals surface area (Å²) in [5.41, 5.74) is 1.06. The molecule has 0 heterocycles. The first kappa shape index (κ1) is 14.4. The van der Waals surface area contributed by atoms with E-state index in [1.54, 1.807) is 12.1 Å². The molecule has 1 saturated carbocycles. The molecule has 0 radical (unpaired) electrons. The van der Waals surface area contributed by atoms with Crippen molar-refractivity contribution in [2.75, 3.05) is 6.54 Å². The van der Waals surface area contributed by atoms with Gasteiger partial charge in [-0.3, -0.25) is 0 Å². The Bertz CT molecular complexity index is 384. The molecular weight excluding hydrogens is 244 g/mol. The lowest BCUT2D eigenvalue weighted by atomic mass is 9.83. The third kappa shape index (κ3) is 4.57. The van der Waals surface area contributed by atoms with Crippen molar-refractivity contribution in [3.8, 4) is 0 Å². The molecule has 106 valence electrons. The largest absolute Gasteiger partial charge is 0.312 e. The predicted octanol–water partition coefficient (Wildman–Crippen LogP) is 4.54. The van der Waals surface area contributed by atoms with Gasteiger partial charge in [-0.15, -0.1) is 0 Å². The molecule has 0 saturated heterocycles.